The molecule has 0 saturated heterocycles. The quantitative estimate of drug-likeness (QED) is 0.0951. The zero-order valence-electron chi connectivity index (χ0n) is 29.9. The van der Waals surface area contributed by atoms with Crippen LogP contribution in [-0.2, 0) is 58.7 Å². The maximum atomic E-state index is 12.1. The Hall–Kier alpha value is -2.86. The lowest BCUT2D eigenvalue weighted by molar-refractivity contribution is -0.0218. The molecule has 0 radical (unpaired) electrons. The summed E-state index contributed by atoms with van der Waals surface area (Å²) in [7, 11) is -3.78. The molecular weight excluding hydrogens is 674 g/mol. The summed E-state index contributed by atoms with van der Waals surface area (Å²) in [4.78, 5) is 11.9. The second-order valence-corrected chi connectivity index (χ2v) is 13.3. The lowest BCUT2D eigenvalue weighted by atomic mass is 10.2. The van der Waals surface area contributed by atoms with E-state index < -0.39 is 21.8 Å². The number of nitrogens with one attached hydrogen (secondary N) is 1. The van der Waals surface area contributed by atoms with E-state index >= 15 is 0 Å². The maximum absolute atomic E-state index is 12.1. The van der Waals surface area contributed by atoms with Crippen molar-refractivity contribution in [2.75, 3.05) is 106 Å². The summed E-state index contributed by atoms with van der Waals surface area (Å²) in [5.74, 6) is 0.723. The fraction of sp³-hybridized carbons (Fsp3) is 0.629. The van der Waals surface area contributed by atoms with Gasteiger partial charge in [-0.15, -0.1) is 0 Å². The molecule has 0 aliphatic carbocycles. The molecule has 0 fully saturated rings. The second kappa shape index (κ2) is 26.0. The van der Waals surface area contributed by atoms with Gasteiger partial charge in [0.05, 0.1) is 104 Å². The van der Waals surface area contributed by atoms with Crippen molar-refractivity contribution >= 4 is 16.2 Å². The zero-order chi connectivity index (χ0) is 36.3. The first-order valence-corrected chi connectivity index (χ1v) is 18.1. The number of amides is 1. The van der Waals surface area contributed by atoms with E-state index in [-0.39, 0.29) is 18.1 Å². The first-order chi connectivity index (χ1) is 24.0. The third kappa shape index (κ3) is 22.8. The largest absolute Gasteiger partial charge is 0.491 e. The summed E-state index contributed by atoms with van der Waals surface area (Å²) in [6, 6.07) is 13.9. The van der Waals surface area contributed by atoms with Gasteiger partial charge in [0.25, 0.3) is 10.1 Å². The zero-order valence-corrected chi connectivity index (χ0v) is 30.7. The van der Waals surface area contributed by atoms with E-state index in [2.05, 4.69) is 5.32 Å². The Balaban J connectivity index is 1.25. The highest BCUT2D eigenvalue weighted by atomic mass is 32.2. The van der Waals surface area contributed by atoms with Gasteiger partial charge in [-0.3, -0.25) is 4.18 Å². The smallest absolute Gasteiger partial charge is 0.407 e. The molecule has 50 heavy (non-hydrogen) atoms. The van der Waals surface area contributed by atoms with Crippen LogP contribution in [0.2, 0.25) is 0 Å². The molecule has 0 unspecified atom stereocenters. The molecule has 15 heteroatoms. The van der Waals surface area contributed by atoms with Crippen molar-refractivity contribution < 1.29 is 60.0 Å². The monoisotopic (exact) mass is 729 g/mol. The molecule has 2 aromatic rings. The Morgan fingerprint density at radius 2 is 0.980 bits per heavy atom. The van der Waals surface area contributed by atoms with Crippen molar-refractivity contribution in [2.45, 2.75) is 44.7 Å². The van der Waals surface area contributed by atoms with Crippen LogP contribution in [-0.4, -0.2) is 126 Å². The Morgan fingerprint density at radius 3 is 1.40 bits per heavy atom. The number of rotatable bonds is 29. The summed E-state index contributed by atoms with van der Waals surface area (Å²) in [6.07, 6.45) is -0.450. The minimum Gasteiger partial charge on any atom is -0.491 e. The standard InChI is InChI=1S/C35H55NO13S/c1-30-5-11-33(12-6-30)50(38,39)48-28-26-46-24-22-44-20-18-42-16-14-40-13-15-41-17-19-43-21-23-45-25-27-47-32-9-7-31(8-10-32)29-36-34(37)49-35(2,3)4/h5-12H,13-29H2,1-4H3,(H,36,37). The van der Waals surface area contributed by atoms with Gasteiger partial charge >= 0.3 is 6.09 Å². The van der Waals surface area contributed by atoms with Crippen molar-refractivity contribution in [2.24, 2.45) is 0 Å². The fourth-order valence-corrected chi connectivity index (χ4v) is 4.70. The highest BCUT2D eigenvalue weighted by Gasteiger charge is 2.16. The highest BCUT2D eigenvalue weighted by molar-refractivity contribution is 7.86. The first-order valence-electron chi connectivity index (χ1n) is 16.7. The Labute approximate surface area is 297 Å². The van der Waals surface area contributed by atoms with Crippen LogP contribution in [0.25, 0.3) is 0 Å². The third-order valence-corrected chi connectivity index (χ3v) is 7.59. The van der Waals surface area contributed by atoms with Gasteiger partial charge < -0.3 is 47.9 Å². The normalized spacial score (nSPS) is 11.8. The van der Waals surface area contributed by atoms with Gasteiger partial charge in [0, 0.05) is 6.54 Å². The van der Waals surface area contributed by atoms with E-state index in [9.17, 15) is 13.2 Å². The second-order valence-electron chi connectivity index (χ2n) is 11.7. The molecule has 14 nitrogen and oxygen atoms in total. The number of benzene rings is 2. The lowest BCUT2D eigenvalue weighted by Crippen LogP contribution is -2.32. The highest BCUT2D eigenvalue weighted by Crippen LogP contribution is 2.14. The Kier molecular flexibility index (Phi) is 22.5. The summed E-state index contributed by atoms with van der Waals surface area (Å²) in [5, 5.41) is 2.72. The molecule has 0 bridgehead atoms. The molecule has 0 aliphatic heterocycles. The van der Waals surface area contributed by atoms with Crippen molar-refractivity contribution in [3.8, 4) is 5.75 Å². The van der Waals surface area contributed by atoms with Crippen LogP contribution < -0.4 is 10.1 Å². The molecule has 0 saturated carbocycles. The van der Waals surface area contributed by atoms with Crippen LogP contribution in [0.1, 0.15) is 31.9 Å². The van der Waals surface area contributed by atoms with Gasteiger partial charge in [0.15, 0.2) is 0 Å². The number of aryl methyl sites for hydroxylation is 1. The SMILES string of the molecule is Cc1ccc(S(=O)(=O)OCCOCCOCCOCCOCCOCCOCCOCCOc2ccc(CNC(=O)OC(C)(C)C)cc2)cc1. The lowest BCUT2D eigenvalue weighted by Gasteiger charge is -2.19. The van der Waals surface area contributed by atoms with E-state index in [1.807, 2.05) is 52.0 Å². The molecule has 0 aromatic heterocycles. The number of carbonyl (C=O) groups excluding carboxylic acids is 1. The molecule has 0 aliphatic rings. The van der Waals surface area contributed by atoms with Crippen LogP contribution >= 0.6 is 0 Å². The topological polar surface area (TPSA) is 156 Å². The molecule has 284 valence electrons. The number of hydrogen-bond donors (Lipinski definition) is 1. The minimum atomic E-state index is -3.78. The average Bonchev–Trinajstić information content (AvgIpc) is 3.07. The summed E-state index contributed by atoms with van der Waals surface area (Å²) < 4.78 is 78.2. The van der Waals surface area contributed by atoms with Crippen molar-refractivity contribution in [1.29, 1.82) is 0 Å². The van der Waals surface area contributed by atoms with E-state index in [1.54, 1.807) is 12.1 Å². The number of alkyl carbamates (subject to hydrolysis) is 1. The molecule has 2 rings (SSSR count). The van der Waals surface area contributed by atoms with Crippen LogP contribution in [0.4, 0.5) is 4.79 Å². The van der Waals surface area contributed by atoms with Crippen molar-refractivity contribution in [3.63, 3.8) is 0 Å². The summed E-state index contributed by atoms with van der Waals surface area (Å²) in [6.45, 7) is 13.9. The molecule has 1 amide bonds. The first kappa shape index (κ1) is 43.3. The van der Waals surface area contributed by atoms with E-state index in [0.29, 0.717) is 99.0 Å². The number of carbonyl (C=O) groups is 1. The summed E-state index contributed by atoms with van der Waals surface area (Å²) >= 11 is 0. The van der Waals surface area contributed by atoms with Gasteiger partial charge in [0.1, 0.15) is 18.0 Å². The van der Waals surface area contributed by atoms with Crippen LogP contribution in [0.5, 0.6) is 5.75 Å². The van der Waals surface area contributed by atoms with Crippen LogP contribution in [0.3, 0.4) is 0 Å². The molecule has 1 N–H and O–H groups in total. The van der Waals surface area contributed by atoms with E-state index in [0.717, 1.165) is 16.9 Å². The number of hydrogen-bond acceptors (Lipinski definition) is 13. The number of ether oxygens (including phenoxy) is 9. The predicted molar refractivity (Wildman–Crippen MR) is 185 cm³/mol. The molecule has 0 spiro atoms. The molecular formula is C35H55NO13S. The Bertz CT molecular complexity index is 1250. The fourth-order valence-electron chi connectivity index (χ4n) is 3.81. The predicted octanol–water partition coefficient (Wildman–Crippen LogP) is 3.92. The van der Waals surface area contributed by atoms with Crippen molar-refractivity contribution in [3.05, 3.63) is 59.7 Å². The summed E-state index contributed by atoms with van der Waals surface area (Å²) in [5.41, 5.74) is 1.38. The van der Waals surface area contributed by atoms with Gasteiger partial charge in [-0.25, -0.2) is 4.79 Å². The van der Waals surface area contributed by atoms with E-state index in [1.165, 1.54) is 12.1 Å². The van der Waals surface area contributed by atoms with E-state index in [4.69, 9.17) is 46.8 Å². The third-order valence-electron chi connectivity index (χ3n) is 6.26. The molecule has 0 atom stereocenters. The van der Waals surface area contributed by atoms with Gasteiger partial charge in [0.2, 0.25) is 0 Å². The Morgan fingerprint density at radius 1 is 0.580 bits per heavy atom. The van der Waals surface area contributed by atoms with Gasteiger partial charge in [-0.05, 0) is 57.5 Å². The van der Waals surface area contributed by atoms with Gasteiger partial charge in [-0.1, -0.05) is 29.8 Å². The van der Waals surface area contributed by atoms with Crippen LogP contribution in [0.15, 0.2) is 53.4 Å². The molecule has 0 heterocycles. The van der Waals surface area contributed by atoms with Crippen molar-refractivity contribution in [1.82, 2.24) is 5.32 Å². The van der Waals surface area contributed by atoms with Crippen LogP contribution in [0, 0.1) is 6.92 Å². The maximum Gasteiger partial charge on any atom is 0.407 e. The average molecular weight is 730 g/mol. The molecule has 2 aromatic carbocycles. The van der Waals surface area contributed by atoms with Gasteiger partial charge in [-0.2, -0.15) is 8.42 Å². The minimum absolute atomic E-state index is 0.0645.